The van der Waals surface area contributed by atoms with E-state index in [0.29, 0.717) is 11.1 Å². The Labute approximate surface area is 113 Å². The number of rotatable bonds is 4. The first-order valence-corrected chi connectivity index (χ1v) is 5.73. The zero-order valence-corrected chi connectivity index (χ0v) is 10.6. The molecule has 1 amide bonds. The Bertz CT molecular complexity index is 648. The predicted octanol–water partition coefficient (Wildman–Crippen LogP) is 0.837. The topological polar surface area (TPSA) is 121 Å². The molecule has 0 aliphatic heterocycles. The monoisotopic (exact) mass is 276 g/mol. The van der Waals surface area contributed by atoms with Gasteiger partial charge < -0.3 is 10.4 Å². The van der Waals surface area contributed by atoms with Crippen molar-refractivity contribution in [2.75, 3.05) is 7.05 Å². The summed E-state index contributed by atoms with van der Waals surface area (Å²) in [7, 11) is 1.38. The first kappa shape index (κ1) is 13.7. The molecule has 20 heavy (non-hydrogen) atoms. The molecular formula is C12H12N4O4. The van der Waals surface area contributed by atoms with Crippen molar-refractivity contribution in [1.82, 2.24) is 15.5 Å². The Balaban J connectivity index is 2.53. The van der Waals surface area contributed by atoms with Gasteiger partial charge in [0.05, 0.1) is 11.5 Å². The number of hydrogen-bond donors (Lipinski definition) is 3. The van der Waals surface area contributed by atoms with Gasteiger partial charge in [0.15, 0.2) is 5.69 Å². The maximum Gasteiger partial charge on any atom is 0.327 e. The van der Waals surface area contributed by atoms with Crippen LogP contribution in [-0.2, 0) is 6.61 Å². The molecular weight excluding hydrogens is 264 g/mol. The number of nitrogens with zero attached hydrogens (tertiary/aromatic N) is 2. The highest BCUT2D eigenvalue weighted by Gasteiger charge is 2.29. The number of amides is 1. The summed E-state index contributed by atoms with van der Waals surface area (Å²) < 4.78 is 0. The number of benzene rings is 1. The third-order valence-corrected chi connectivity index (χ3v) is 2.79. The van der Waals surface area contributed by atoms with Gasteiger partial charge in [0, 0.05) is 12.6 Å². The summed E-state index contributed by atoms with van der Waals surface area (Å²) in [5, 5.41) is 28.6. The Hall–Kier alpha value is -2.74. The van der Waals surface area contributed by atoms with Crippen LogP contribution in [-0.4, -0.2) is 33.2 Å². The van der Waals surface area contributed by atoms with Crippen molar-refractivity contribution in [2.24, 2.45) is 0 Å². The number of aliphatic hydroxyl groups excluding tert-OH is 1. The van der Waals surface area contributed by atoms with E-state index in [1.807, 2.05) is 0 Å². The van der Waals surface area contributed by atoms with Crippen LogP contribution >= 0.6 is 0 Å². The summed E-state index contributed by atoms with van der Waals surface area (Å²) in [5.41, 5.74) is 0.677. The third kappa shape index (κ3) is 2.36. The van der Waals surface area contributed by atoms with Crippen LogP contribution in [0.2, 0.25) is 0 Å². The Kier molecular flexibility index (Phi) is 3.76. The highest BCUT2D eigenvalue weighted by molar-refractivity contribution is 5.98. The standard InChI is InChI=1S/C12H12N4O4/c1-13-12(18)10-11(16(19)20)9(14-15-10)8-4-2-7(6-17)3-5-8/h2-5,17H,6H2,1H3,(H,13,18)(H,14,15). The van der Waals surface area contributed by atoms with Crippen LogP contribution in [0.5, 0.6) is 0 Å². The Morgan fingerprint density at radius 1 is 1.45 bits per heavy atom. The van der Waals surface area contributed by atoms with Gasteiger partial charge >= 0.3 is 5.69 Å². The Morgan fingerprint density at radius 2 is 2.10 bits per heavy atom. The molecule has 0 unspecified atom stereocenters. The van der Waals surface area contributed by atoms with Crippen molar-refractivity contribution in [3.63, 3.8) is 0 Å². The normalized spacial score (nSPS) is 10.3. The minimum atomic E-state index is -0.649. The fourth-order valence-electron chi connectivity index (χ4n) is 1.77. The van der Waals surface area contributed by atoms with E-state index in [2.05, 4.69) is 15.5 Å². The molecule has 0 bridgehead atoms. The fourth-order valence-corrected chi connectivity index (χ4v) is 1.77. The summed E-state index contributed by atoms with van der Waals surface area (Å²) in [6.45, 7) is -0.119. The zero-order chi connectivity index (χ0) is 14.7. The summed E-state index contributed by atoms with van der Waals surface area (Å²) in [6, 6.07) is 6.46. The number of H-pyrrole nitrogens is 1. The summed E-state index contributed by atoms with van der Waals surface area (Å²) in [4.78, 5) is 22.1. The number of aromatic amines is 1. The van der Waals surface area contributed by atoms with E-state index >= 15 is 0 Å². The first-order valence-electron chi connectivity index (χ1n) is 5.73. The third-order valence-electron chi connectivity index (χ3n) is 2.79. The average molecular weight is 276 g/mol. The van der Waals surface area contributed by atoms with Gasteiger partial charge in [0.2, 0.25) is 5.69 Å². The lowest BCUT2D eigenvalue weighted by atomic mass is 10.1. The Morgan fingerprint density at radius 3 is 2.60 bits per heavy atom. The second-order valence-corrected chi connectivity index (χ2v) is 3.99. The highest BCUT2D eigenvalue weighted by atomic mass is 16.6. The van der Waals surface area contributed by atoms with Gasteiger partial charge in [-0.3, -0.25) is 20.0 Å². The van der Waals surface area contributed by atoms with E-state index in [1.54, 1.807) is 24.3 Å². The van der Waals surface area contributed by atoms with Crippen LogP contribution in [0.4, 0.5) is 5.69 Å². The summed E-state index contributed by atoms with van der Waals surface area (Å²) >= 11 is 0. The van der Waals surface area contributed by atoms with Crippen LogP contribution in [0.1, 0.15) is 16.1 Å². The van der Waals surface area contributed by atoms with E-state index in [1.165, 1.54) is 7.05 Å². The van der Waals surface area contributed by atoms with Crippen LogP contribution in [0.15, 0.2) is 24.3 Å². The maximum absolute atomic E-state index is 11.6. The fraction of sp³-hybridized carbons (Fsp3) is 0.167. The van der Waals surface area contributed by atoms with Crippen molar-refractivity contribution in [2.45, 2.75) is 6.61 Å². The number of hydrogen-bond acceptors (Lipinski definition) is 5. The molecule has 3 N–H and O–H groups in total. The molecule has 0 fully saturated rings. The highest BCUT2D eigenvalue weighted by Crippen LogP contribution is 2.30. The lowest BCUT2D eigenvalue weighted by Gasteiger charge is -2.00. The second-order valence-electron chi connectivity index (χ2n) is 3.99. The van der Waals surface area contributed by atoms with Crippen LogP contribution in [0.25, 0.3) is 11.3 Å². The number of aromatic nitrogens is 2. The maximum atomic E-state index is 11.6. The molecule has 0 aliphatic carbocycles. The van der Waals surface area contributed by atoms with E-state index in [0.717, 1.165) is 0 Å². The van der Waals surface area contributed by atoms with Crippen molar-refractivity contribution in [3.05, 3.63) is 45.6 Å². The molecule has 0 spiro atoms. The zero-order valence-electron chi connectivity index (χ0n) is 10.6. The van der Waals surface area contributed by atoms with Gasteiger partial charge in [-0.1, -0.05) is 24.3 Å². The molecule has 2 rings (SSSR count). The molecule has 8 nitrogen and oxygen atoms in total. The van der Waals surface area contributed by atoms with E-state index in [-0.39, 0.29) is 23.7 Å². The molecule has 1 aromatic carbocycles. The average Bonchev–Trinajstić information content (AvgIpc) is 2.91. The number of carbonyl (C=O) groups is 1. The van der Waals surface area contributed by atoms with Gasteiger partial charge in [0.25, 0.3) is 5.91 Å². The molecule has 0 atom stereocenters. The minimum absolute atomic E-state index is 0.0816. The number of carbonyl (C=O) groups excluding carboxylic acids is 1. The van der Waals surface area contributed by atoms with E-state index in [4.69, 9.17) is 5.11 Å². The van der Waals surface area contributed by atoms with Crippen molar-refractivity contribution < 1.29 is 14.8 Å². The van der Waals surface area contributed by atoms with Gasteiger partial charge in [-0.15, -0.1) is 0 Å². The van der Waals surface area contributed by atoms with Crippen molar-refractivity contribution in [1.29, 1.82) is 0 Å². The molecule has 2 aromatic rings. The van der Waals surface area contributed by atoms with E-state index in [9.17, 15) is 14.9 Å². The van der Waals surface area contributed by atoms with Crippen LogP contribution in [0, 0.1) is 10.1 Å². The lowest BCUT2D eigenvalue weighted by Crippen LogP contribution is -2.19. The van der Waals surface area contributed by atoms with Crippen LogP contribution in [0.3, 0.4) is 0 Å². The molecule has 8 heteroatoms. The van der Waals surface area contributed by atoms with Crippen molar-refractivity contribution >= 4 is 11.6 Å². The smallest absolute Gasteiger partial charge is 0.327 e. The van der Waals surface area contributed by atoms with Gasteiger partial charge in [0.1, 0.15) is 0 Å². The van der Waals surface area contributed by atoms with Gasteiger partial charge in [-0.25, -0.2) is 0 Å². The minimum Gasteiger partial charge on any atom is -0.392 e. The first-order chi connectivity index (χ1) is 9.58. The molecule has 0 radical (unpaired) electrons. The molecule has 1 aromatic heterocycles. The molecule has 0 saturated heterocycles. The molecule has 1 heterocycles. The lowest BCUT2D eigenvalue weighted by molar-refractivity contribution is -0.384. The largest absolute Gasteiger partial charge is 0.392 e. The SMILES string of the molecule is CNC(=O)c1[nH]nc(-c2ccc(CO)cc2)c1[N+](=O)[O-]. The van der Waals surface area contributed by atoms with Gasteiger partial charge in [-0.05, 0) is 5.56 Å². The summed E-state index contributed by atoms with van der Waals surface area (Å²) in [6.07, 6.45) is 0. The number of nitro groups is 1. The van der Waals surface area contributed by atoms with Gasteiger partial charge in [-0.2, -0.15) is 5.10 Å². The number of nitrogens with one attached hydrogen (secondary N) is 2. The molecule has 104 valence electrons. The summed E-state index contributed by atoms with van der Waals surface area (Å²) in [5.74, 6) is -0.609. The molecule has 0 aliphatic rings. The van der Waals surface area contributed by atoms with Crippen molar-refractivity contribution in [3.8, 4) is 11.3 Å². The van der Waals surface area contributed by atoms with E-state index < -0.39 is 10.8 Å². The quantitative estimate of drug-likeness (QED) is 0.564. The molecule has 0 saturated carbocycles. The van der Waals surface area contributed by atoms with Crippen LogP contribution < -0.4 is 5.32 Å². The second kappa shape index (κ2) is 5.49. The predicted molar refractivity (Wildman–Crippen MR) is 70.0 cm³/mol. The number of aliphatic hydroxyl groups is 1.